The topological polar surface area (TPSA) is 92.3 Å². The maximum atomic E-state index is 13.5. The first-order valence-corrected chi connectivity index (χ1v) is 14.1. The van der Waals surface area contributed by atoms with E-state index in [0.717, 1.165) is 21.2 Å². The maximum Gasteiger partial charge on any atom is 0.264 e. The van der Waals surface area contributed by atoms with Gasteiger partial charge in [-0.15, -0.1) is 10.2 Å². The summed E-state index contributed by atoms with van der Waals surface area (Å²) in [5.74, 6) is 0.162. The molecule has 0 spiro atoms. The molecule has 180 valence electrons. The van der Waals surface area contributed by atoms with Crippen molar-refractivity contribution in [2.75, 3.05) is 16.2 Å². The van der Waals surface area contributed by atoms with Crippen molar-refractivity contribution in [3.8, 4) is 0 Å². The van der Waals surface area contributed by atoms with Crippen LogP contribution in [0.25, 0.3) is 0 Å². The van der Waals surface area contributed by atoms with E-state index in [9.17, 15) is 13.2 Å². The quantitative estimate of drug-likeness (QED) is 0.217. The number of halogens is 1. The number of amides is 1. The van der Waals surface area contributed by atoms with Gasteiger partial charge >= 0.3 is 0 Å². The zero-order valence-corrected chi connectivity index (χ0v) is 21.8. The molecule has 4 aromatic rings. The summed E-state index contributed by atoms with van der Waals surface area (Å²) in [7, 11) is -4.06. The molecule has 1 aromatic heterocycles. The molecule has 0 saturated heterocycles. The van der Waals surface area contributed by atoms with Gasteiger partial charge in [0.05, 0.1) is 15.6 Å². The van der Waals surface area contributed by atoms with Gasteiger partial charge in [-0.05, 0) is 36.8 Å². The highest BCUT2D eigenvalue weighted by atomic mass is 35.5. The van der Waals surface area contributed by atoms with E-state index in [1.165, 1.54) is 35.2 Å². The lowest BCUT2D eigenvalue weighted by Crippen LogP contribution is -2.38. The molecule has 0 saturated carbocycles. The predicted octanol–water partition coefficient (Wildman–Crippen LogP) is 5.63. The molecule has 0 bridgehead atoms. The van der Waals surface area contributed by atoms with Crippen LogP contribution in [0.1, 0.15) is 11.1 Å². The van der Waals surface area contributed by atoms with Gasteiger partial charge in [-0.1, -0.05) is 94.9 Å². The lowest BCUT2D eigenvalue weighted by atomic mass is 10.2. The van der Waals surface area contributed by atoms with E-state index in [1.54, 1.807) is 36.4 Å². The average Bonchev–Trinajstić information content (AvgIpc) is 3.30. The third-order valence-electron chi connectivity index (χ3n) is 4.88. The van der Waals surface area contributed by atoms with Gasteiger partial charge in [0.2, 0.25) is 11.0 Å². The molecule has 35 heavy (non-hydrogen) atoms. The number of para-hydroxylation sites is 1. The predicted molar refractivity (Wildman–Crippen MR) is 142 cm³/mol. The zero-order chi connectivity index (χ0) is 24.8. The summed E-state index contributed by atoms with van der Waals surface area (Å²) in [6.45, 7) is 1.39. The number of nitrogens with one attached hydrogen (secondary N) is 1. The molecule has 0 radical (unpaired) electrons. The fourth-order valence-corrected chi connectivity index (χ4v) is 6.57. The molecular formula is C24H21ClN4O3S3. The Bertz CT molecular complexity index is 1410. The van der Waals surface area contributed by atoms with Crippen LogP contribution in [0.2, 0.25) is 5.02 Å². The highest BCUT2D eigenvalue weighted by Gasteiger charge is 2.29. The van der Waals surface area contributed by atoms with E-state index in [4.69, 9.17) is 11.6 Å². The smallest absolute Gasteiger partial charge is 0.264 e. The Kier molecular flexibility index (Phi) is 8.07. The number of aryl methyl sites for hydroxylation is 1. The van der Waals surface area contributed by atoms with Crippen LogP contribution in [-0.4, -0.2) is 31.1 Å². The van der Waals surface area contributed by atoms with Crippen molar-refractivity contribution < 1.29 is 13.2 Å². The maximum absolute atomic E-state index is 13.5. The van der Waals surface area contributed by atoms with Crippen LogP contribution in [0, 0.1) is 6.92 Å². The molecule has 1 N–H and O–H groups in total. The van der Waals surface area contributed by atoms with Gasteiger partial charge in [-0.3, -0.25) is 14.4 Å². The summed E-state index contributed by atoms with van der Waals surface area (Å²) in [6.07, 6.45) is 0. The van der Waals surface area contributed by atoms with E-state index < -0.39 is 22.5 Å². The van der Waals surface area contributed by atoms with Crippen LogP contribution in [0.3, 0.4) is 0 Å². The minimum Gasteiger partial charge on any atom is -0.299 e. The number of anilines is 2. The van der Waals surface area contributed by atoms with Crippen molar-refractivity contribution in [2.24, 2.45) is 0 Å². The van der Waals surface area contributed by atoms with E-state index in [2.05, 4.69) is 15.5 Å². The highest BCUT2D eigenvalue weighted by Crippen LogP contribution is 2.31. The molecule has 4 rings (SSSR count). The van der Waals surface area contributed by atoms with Crippen LogP contribution >= 0.6 is 34.7 Å². The molecule has 11 heteroatoms. The van der Waals surface area contributed by atoms with Gasteiger partial charge in [0.1, 0.15) is 6.54 Å². The van der Waals surface area contributed by atoms with E-state index in [0.29, 0.717) is 4.34 Å². The Labute approximate surface area is 217 Å². The minimum absolute atomic E-state index is 0.0614. The van der Waals surface area contributed by atoms with Gasteiger partial charge in [-0.25, -0.2) is 8.42 Å². The number of hydrogen-bond donors (Lipinski definition) is 1. The number of rotatable bonds is 9. The van der Waals surface area contributed by atoms with E-state index in [1.807, 2.05) is 37.3 Å². The number of thioether (sulfide) groups is 1. The Morgan fingerprint density at radius 2 is 1.69 bits per heavy atom. The lowest BCUT2D eigenvalue weighted by molar-refractivity contribution is -0.114. The van der Waals surface area contributed by atoms with Crippen LogP contribution < -0.4 is 9.62 Å². The molecule has 1 heterocycles. The van der Waals surface area contributed by atoms with Crippen LogP contribution in [-0.2, 0) is 20.6 Å². The van der Waals surface area contributed by atoms with E-state index in [-0.39, 0.29) is 20.7 Å². The summed E-state index contributed by atoms with van der Waals surface area (Å²) >= 11 is 9.04. The summed E-state index contributed by atoms with van der Waals surface area (Å²) in [5.41, 5.74) is 2.28. The molecule has 0 atom stereocenters. The van der Waals surface area contributed by atoms with Crippen molar-refractivity contribution in [3.63, 3.8) is 0 Å². The third kappa shape index (κ3) is 6.40. The van der Waals surface area contributed by atoms with Crippen molar-refractivity contribution in [1.29, 1.82) is 0 Å². The SMILES string of the molecule is Cc1ccc(S(=O)(=O)N(CC(=O)Nc2nnc(SCc3ccccc3)s2)c2ccccc2Cl)cc1. The van der Waals surface area contributed by atoms with Crippen LogP contribution in [0.4, 0.5) is 10.8 Å². The Hall–Kier alpha value is -2.92. The van der Waals surface area contributed by atoms with Crippen molar-refractivity contribution >= 4 is 61.4 Å². The molecule has 3 aromatic carbocycles. The normalized spacial score (nSPS) is 11.3. The second kappa shape index (κ2) is 11.2. The standard InChI is InChI=1S/C24H21ClN4O3S3/c1-17-11-13-19(14-12-17)35(31,32)29(21-10-6-5-9-20(21)25)15-22(30)26-23-27-28-24(34-23)33-16-18-7-3-2-4-8-18/h2-14H,15-16H2,1H3,(H,26,27,30). The van der Waals surface area contributed by atoms with Crippen molar-refractivity contribution in [2.45, 2.75) is 21.9 Å². The second-order valence-corrected chi connectivity index (χ2v) is 11.9. The fourth-order valence-electron chi connectivity index (χ4n) is 3.12. The second-order valence-electron chi connectivity index (χ2n) is 7.47. The summed E-state index contributed by atoms with van der Waals surface area (Å²) in [6, 6.07) is 22.9. The molecular weight excluding hydrogens is 524 g/mol. The Morgan fingerprint density at radius 1 is 1.00 bits per heavy atom. The molecule has 0 aliphatic heterocycles. The number of benzene rings is 3. The molecule has 0 aliphatic rings. The average molecular weight is 545 g/mol. The Balaban J connectivity index is 1.51. The van der Waals surface area contributed by atoms with Crippen molar-refractivity contribution in [3.05, 3.63) is 95.0 Å². The summed E-state index contributed by atoms with van der Waals surface area (Å²) in [4.78, 5) is 13.0. The molecule has 0 fully saturated rings. The van der Waals surface area contributed by atoms with Gasteiger partial charge in [0.15, 0.2) is 4.34 Å². The number of nitrogens with zero attached hydrogens (tertiary/aromatic N) is 3. The van der Waals surface area contributed by atoms with Gasteiger partial charge in [0.25, 0.3) is 10.0 Å². The molecule has 7 nitrogen and oxygen atoms in total. The minimum atomic E-state index is -4.06. The van der Waals surface area contributed by atoms with E-state index >= 15 is 0 Å². The fraction of sp³-hybridized carbons (Fsp3) is 0.125. The van der Waals surface area contributed by atoms with Gasteiger partial charge in [-0.2, -0.15) is 0 Å². The first kappa shape index (κ1) is 25.2. The molecule has 1 amide bonds. The van der Waals surface area contributed by atoms with Crippen molar-refractivity contribution in [1.82, 2.24) is 10.2 Å². The number of sulfonamides is 1. The number of carbonyl (C=O) groups excluding carboxylic acids is 1. The van der Waals surface area contributed by atoms with Crippen LogP contribution in [0.5, 0.6) is 0 Å². The summed E-state index contributed by atoms with van der Waals surface area (Å²) < 4.78 is 28.6. The molecule has 0 unspecified atom stereocenters. The number of aromatic nitrogens is 2. The van der Waals surface area contributed by atoms with Crippen LogP contribution in [0.15, 0.2) is 88.1 Å². The monoisotopic (exact) mass is 544 g/mol. The summed E-state index contributed by atoms with van der Waals surface area (Å²) in [5, 5.41) is 11.3. The Morgan fingerprint density at radius 3 is 2.40 bits per heavy atom. The molecule has 0 aliphatic carbocycles. The zero-order valence-electron chi connectivity index (χ0n) is 18.6. The first-order valence-electron chi connectivity index (χ1n) is 10.5. The number of carbonyl (C=O) groups is 1. The highest BCUT2D eigenvalue weighted by molar-refractivity contribution is 8.00. The number of hydrogen-bond acceptors (Lipinski definition) is 7. The first-order chi connectivity index (χ1) is 16.8. The largest absolute Gasteiger partial charge is 0.299 e. The van der Waals surface area contributed by atoms with Gasteiger partial charge in [0, 0.05) is 5.75 Å². The van der Waals surface area contributed by atoms with Gasteiger partial charge < -0.3 is 0 Å². The third-order valence-corrected chi connectivity index (χ3v) is 9.01. The lowest BCUT2D eigenvalue weighted by Gasteiger charge is -2.24.